The number of aryl methyl sites for hydroxylation is 2. The van der Waals surface area contributed by atoms with Crippen molar-refractivity contribution in [1.29, 1.82) is 0 Å². The van der Waals surface area contributed by atoms with Crippen molar-refractivity contribution in [3.63, 3.8) is 0 Å². The monoisotopic (exact) mass is 487 g/mol. The molecule has 0 spiro atoms. The summed E-state index contributed by atoms with van der Waals surface area (Å²) in [5.41, 5.74) is 6.61. The Morgan fingerprint density at radius 1 is 1.00 bits per heavy atom. The van der Waals surface area contributed by atoms with E-state index in [2.05, 4.69) is 88.6 Å². The summed E-state index contributed by atoms with van der Waals surface area (Å²) >= 11 is 2.84. The van der Waals surface area contributed by atoms with Crippen LogP contribution in [0, 0.1) is 13.8 Å². The van der Waals surface area contributed by atoms with Gasteiger partial charge in [0.05, 0.1) is 5.75 Å². The minimum atomic E-state index is -0.0668. The standard InChI is InChI=1S/C26H25N5OS2/c1-4-31-22-11-6-5-9-19(22)20-14-18(12-13-23(20)31)27-24(32)15-33-26-30-29-25(34-26)28-21-10-7-8-16(2)17(21)3/h5-14H,4,15H2,1-3H3,(H,27,32)(H,28,29). The predicted octanol–water partition coefficient (Wildman–Crippen LogP) is 6.76. The van der Waals surface area contributed by atoms with Crippen LogP contribution < -0.4 is 10.6 Å². The summed E-state index contributed by atoms with van der Waals surface area (Å²) in [5.74, 6) is 0.204. The second kappa shape index (κ2) is 9.48. The first-order valence-electron chi connectivity index (χ1n) is 11.1. The minimum absolute atomic E-state index is 0.0668. The average molecular weight is 488 g/mol. The van der Waals surface area contributed by atoms with Gasteiger partial charge in [0, 0.05) is 39.7 Å². The van der Waals surface area contributed by atoms with Crippen molar-refractivity contribution in [2.75, 3.05) is 16.4 Å². The van der Waals surface area contributed by atoms with Gasteiger partial charge in [-0.3, -0.25) is 4.79 Å². The van der Waals surface area contributed by atoms with Crippen LogP contribution in [0.2, 0.25) is 0 Å². The lowest BCUT2D eigenvalue weighted by molar-refractivity contribution is -0.113. The Balaban J connectivity index is 1.25. The van der Waals surface area contributed by atoms with E-state index in [1.54, 1.807) is 0 Å². The van der Waals surface area contributed by atoms with E-state index in [1.165, 1.54) is 50.6 Å². The quantitative estimate of drug-likeness (QED) is 0.248. The van der Waals surface area contributed by atoms with Crippen molar-refractivity contribution < 1.29 is 4.79 Å². The molecular formula is C26H25N5OS2. The molecule has 3 aromatic carbocycles. The Morgan fingerprint density at radius 2 is 1.82 bits per heavy atom. The summed E-state index contributed by atoms with van der Waals surface area (Å²) in [4.78, 5) is 12.6. The third kappa shape index (κ3) is 4.38. The molecule has 0 aliphatic rings. The number of amides is 1. The van der Waals surface area contributed by atoms with Crippen molar-refractivity contribution >= 4 is 67.3 Å². The van der Waals surface area contributed by atoms with Gasteiger partial charge in [-0.15, -0.1) is 10.2 Å². The van der Waals surface area contributed by atoms with Crippen LogP contribution in [0.25, 0.3) is 21.8 Å². The third-order valence-corrected chi connectivity index (χ3v) is 7.92. The highest BCUT2D eigenvalue weighted by Gasteiger charge is 2.13. The van der Waals surface area contributed by atoms with Gasteiger partial charge in [-0.05, 0) is 62.2 Å². The number of rotatable bonds is 7. The Labute approximate surface area is 206 Å². The predicted molar refractivity (Wildman–Crippen MR) is 144 cm³/mol. The van der Waals surface area contributed by atoms with Crippen molar-refractivity contribution in [2.45, 2.75) is 31.7 Å². The molecule has 2 N–H and O–H groups in total. The summed E-state index contributed by atoms with van der Waals surface area (Å²) in [5, 5.41) is 17.9. The molecule has 0 saturated heterocycles. The van der Waals surface area contributed by atoms with E-state index in [1.807, 2.05) is 18.2 Å². The fourth-order valence-corrected chi connectivity index (χ4v) is 5.68. The summed E-state index contributed by atoms with van der Waals surface area (Å²) in [6, 6.07) is 20.6. The van der Waals surface area contributed by atoms with Crippen LogP contribution >= 0.6 is 23.1 Å². The van der Waals surface area contributed by atoms with Crippen LogP contribution in [0.4, 0.5) is 16.5 Å². The highest BCUT2D eigenvalue weighted by atomic mass is 32.2. The molecule has 0 radical (unpaired) electrons. The molecule has 2 aromatic heterocycles. The molecule has 0 fully saturated rings. The van der Waals surface area contributed by atoms with Gasteiger partial charge in [-0.1, -0.05) is 53.4 Å². The Kier molecular flexibility index (Phi) is 6.26. The number of nitrogens with zero attached hydrogens (tertiary/aromatic N) is 3. The molecule has 0 atom stereocenters. The van der Waals surface area contributed by atoms with E-state index in [0.29, 0.717) is 0 Å². The summed E-state index contributed by atoms with van der Waals surface area (Å²) in [6.45, 7) is 7.21. The zero-order valence-corrected chi connectivity index (χ0v) is 20.9. The Hall–Kier alpha value is -3.36. The molecule has 0 saturated carbocycles. The van der Waals surface area contributed by atoms with Gasteiger partial charge in [0.1, 0.15) is 0 Å². The number of hydrogen-bond donors (Lipinski definition) is 2. The first-order valence-corrected chi connectivity index (χ1v) is 12.9. The summed E-state index contributed by atoms with van der Waals surface area (Å²) in [7, 11) is 0. The maximum absolute atomic E-state index is 12.6. The number of para-hydroxylation sites is 1. The number of nitrogens with one attached hydrogen (secondary N) is 2. The van der Waals surface area contributed by atoms with Crippen LogP contribution in [0.1, 0.15) is 18.1 Å². The number of anilines is 3. The van der Waals surface area contributed by atoms with E-state index >= 15 is 0 Å². The molecule has 6 nitrogen and oxygen atoms in total. The third-order valence-electron chi connectivity index (χ3n) is 5.95. The number of thioether (sulfide) groups is 1. The molecule has 1 amide bonds. The molecule has 0 unspecified atom stereocenters. The van der Waals surface area contributed by atoms with Gasteiger partial charge in [0.2, 0.25) is 11.0 Å². The second-order valence-corrected chi connectivity index (χ2v) is 10.3. The Morgan fingerprint density at radius 3 is 2.68 bits per heavy atom. The molecule has 8 heteroatoms. The van der Waals surface area contributed by atoms with Crippen LogP contribution in [-0.4, -0.2) is 26.4 Å². The van der Waals surface area contributed by atoms with Crippen molar-refractivity contribution in [3.05, 3.63) is 71.8 Å². The molecule has 0 bridgehead atoms. The zero-order chi connectivity index (χ0) is 23.7. The fourth-order valence-electron chi connectivity index (χ4n) is 4.12. The summed E-state index contributed by atoms with van der Waals surface area (Å²) < 4.78 is 3.05. The van der Waals surface area contributed by atoms with Crippen molar-refractivity contribution in [1.82, 2.24) is 14.8 Å². The van der Waals surface area contributed by atoms with Gasteiger partial charge in [-0.2, -0.15) is 0 Å². The number of hydrogen-bond acceptors (Lipinski definition) is 6. The topological polar surface area (TPSA) is 71.8 Å². The lowest BCUT2D eigenvalue weighted by atomic mass is 10.1. The van der Waals surface area contributed by atoms with Crippen molar-refractivity contribution in [3.8, 4) is 0 Å². The van der Waals surface area contributed by atoms with Crippen LogP contribution in [0.5, 0.6) is 0 Å². The summed E-state index contributed by atoms with van der Waals surface area (Å²) in [6.07, 6.45) is 0. The lowest BCUT2D eigenvalue weighted by Crippen LogP contribution is -2.13. The molecule has 0 aliphatic carbocycles. The lowest BCUT2D eigenvalue weighted by Gasteiger charge is -2.08. The van der Waals surface area contributed by atoms with Gasteiger partial charge in [-0.25, -0.2) is 0 Å². The van der Waals surface area contributed by atoms with Crippen LogP contribution in [0.15, 0.2) is 65.0 Å². The number of carbonyl (C=O) groups excluding carboxylic acids is 1. The SMILES string of the molecule is CCn1c2ccccc2c2cc(NC(=O)CSc3nnc(Nc4cccc(C)c4C)s3)ccc21. The molecule has 2 heterocycles. The average Bonchev–Trinajstić information content (AvgIpc) is 3.42. The molecule has 0 aliphatic heterocycles. The Bertz CT molecular complexity index is 1500. The molecule has 34 heavy (non-hydrogen) atoms. The molecule has 172 valence electrons. The number of carbonyl (C=O) groups is 1. The second-order valence-electron chi connectivity index (χ2n) is 8.08. The first kappa shape index (κ1) is 22.4. The van der Waals surface area contributed by atoms with E-state index in [4.69, 9.17) is 0 Å². The van der Waals surface area contributed by atoms with Crippen LogP contribution in [-0.2, 0) is 11.3 Å². The zero-order valence-electron chi connectivity index (χ0n) is 19.3. The maximum Gasteiger partial charge on any atom is 0.234 e. The van der Waals surface area contributed by atoms with Gasteiger partial charge >= 0.3 is 0 Å². The highest BCUT2D eigenvalue weighted by Crippen LogP contribution is 2.32. The van der Waals surface area contributed by atoms with Gasteiger partial charge in [0.15, 0.2) is 4.34 Å². The van der Waals surface area contributed by atoms with E-state index in [9.17, 15) is 4.79 Å². The van der Waals surface area contributed by atoms with Gasteiger partial charge < -0.3 is 15.2 Å². The smallest absolute Gasteiger partial charge is 0.234 e. The number of benzene rings is 3. The van der Waals surface area contributed by atoms with Crippen molar-refractivity contribution in [2.24, 2.45) is 0 Å². The van der Waals surface area contributed by atoms with Crippen LogP contribution in [0.3, 0.4) is 0 Å². The number of fused-ring (bicyclic) bond motifs is 3. The van der Waals surface area contributed by atoms with E-state index in [0.717, 1.165) is 32.8 Å². The normalized spacial score (nSPS) is 11.3. The number of aromatic nitrogens is 3. The first-order chi connectivity index (χ1) is 16.5. The molecule has 5 aromatic rings. The molecule has 5 rings (SSSR count). The van der Waals surface area contributed by atoms with E-state index in [-0.39, 0.29) is 11.7 Å². The van der Waals surface area contributed by atoms with E-state index < -0.39 is 0 Å². The highest BCUT2D eigenvalue weighted by molar-refractivity contribution is 8.01. The van der Waals surface area contributed by atoms with Gasteiger partial charge in [0.25, 0.3) is 0 Å². The minimum Gasteiger partial charge on any atom is -0.341 e. The fraction of sp³-hybridized carbons (Fsp3) is 0.192. The molecular weight excluding hydrogens is 462 g/mol. The largest absolute Gasteiger partial charge is 0.341 e. The maximum atomic E-state index is 12.6.